The lowest BCUT2D eigenvalue weighted by Crippen LogP contribution is -2.15. The van der Waals surface area contributed by atoms with E-state index in [1.807, 2.05) is 20.8 Å². The van der Waals surface area contributed by atoms with E-state index >= 15 is 0 Å². The van der Waals surface area contributed by atoms with E-state index in [4.69, 9.17) is 5.11 Å². The van der Waals surface area contributed by atoms with Crippen LogP contribution in [0.15, 0.2) is 5.03 Å². The van der Waals surface area contributed by atoms with Gasteiger partial charge in [0.15, 0.2) is 0 Å². The van der Waals surface area contributed by atoms with Crippen molar-refractivity contribution in [3.05, 3.63) is 17.1 Å². The fourth-order valence-corrected chi connectivity index (χ4v) is 2.12. The van der Waals surface area contributed by atoms with E-state index in [1.165, 1.54) is 11.8 Å². The van der Waals surface area contributed by atoms with Crippen molar-refractivity contribution in [2.75, 3.05) is 12.4 Å². The van der Waals surface area contributed by atoms with E-state index in [1.54, 1.807) is 0 Å². The number of aliphatic hydroxyl groups excluding tert-OH is 2. The van der Waals surface area contributed by atoms with Crippen molar-refractivity contribution in [3.8, 4) is 0 Å². The van der Waals surface area contributed by atoms with Crippen LogP contribution in [0.5, 0.6) is 0 Å². The largest absolute Gasteiger partial charge is 0.394 e. The second-order valence-corrected chi connectivity index (χ2v) is 4.44. The number of aryl methyl sites for hydroxylation is 2. The van der Waals surface area contributed by atoms with Gasteiger partial charge in [-0.1, -0.05) is 0 Å². The second-order valence-electron chi connectivity index (χ2n) is 3.43. The highest BCUT2D eigenvalue weighted by Crippen LogP contribution is 2.22. The fraction of sp³-hybridized carbons (Fsp3) is 0.600. The van der Waals surface area contributed by atoms with Crippen molar-refractivity contribution < 1.29 is 10.2 Å². The zero-order valence-corrected chi connectivity index (χ0v) is 10.0. The smallest absolute Gasteiger partial charge is 0.126 e. The number of rotatable bonds is 4. The lowest BCUT2D eigenvalue weighted by Gasteiger charge is -2.10. The van der Waals surface area contributed by atoms with Crippen LogP contribution in [0.2, 0.25) is 0 Å². The summed E-state index contributed by atoms with van der Waals surface area (Å²) in [5.41, 5.74) is 2.00. The minimum Gasteiger partial charge on any atom is -0.394 e. The second kappa shape index (κ2) is 5.44. The lowest BCUT2D eigenvalue weighted by atomic mass is 10.3. The first-order chi connectivity index (χ1) is 7.04. The van der Waals surface area contributed by atoms with Gasteiger partial charge in [-0.25, -0.2) is 9.97 Å². The van der Waals surface area contributed by atoms with Crippen molar-refractivity contribution in [2.45, 2.75) is 31.9 Å². The highest BCUT2D eigenvalue weighted by molar-refractivity contribution is 7.99. The number of thioether (sulfide) groups is 1. The Labute approximate surface area is 93.8 Å². The van der Waals surface area contributed by atoms with E-state index in [0.29, 0.717) is 5.75 Å². The van der Waals surface area contributed by atoms with E-state index < -0.39 is 6.10 Å². The maximum Gasteiger partial charge on any atom is 0.126 e. The normalized spacial score (nSPS) is 12.9. The van der Waals surface area contributed by atoms with Crippen LogP contribution >= 0.6 is 11.8 Å². The van der Waals surface area contributed by atoms with Crippen molar-refractivity contribution in [1.82, 2.24) is 9.97 Å². The molecule has 84 valence electrons. The van der Waals surface area contributed by atoms with Gasteiger partial charge in [0.25, 0.3) is 0 Å². The van der Waals surface area contributed by atoms with Crippen LogP contribution in [0.4, 0.5) is 0 Å². The Kier molecular flexibility index (Phi) is 4.50. The molecular weight excluding hydrogens is 212 g/mol. The van der Waals surface area contributed by atoms with Gasteiger partial charge in [0.05, 0.1) is 12.7 Å². The van der Waals surface area contributed by atoms with E-state index in [2.05, 4.69) is 9.97 Å². The molecule has 0 aliphatic rings. The zero-order valence-electron chi connectivity index (χ0n) is 9.19. The maximum absolute atomic E-state index is 9.23. The molecule has 0 unspecified atom stereocenters. The molecular formula is C10H16N2O2S. The lowest BCUT2D eigenvalue weighted by molar-refractivity contribution is 0.113. The van der Waals surface area contributed by atoms with Crippen molar-refractivity contribution in [3.63, 3.8) is 0 Å². The summed E-state index contributed by atoms with van der Waals surface area (Å²) in [5, 5.41) is 18.8. The standard InChI is InChI=1S/C10H16N2O2S/c1-6-7(2)11-8(3)12-10(6)15-5-9(14)4-13/h9,13-14H,4-5H2,1-3H3/t9-/m1/s1. The van der Waals surface area contributed by atoms with Crippen LogP contribution in [0.25, 0.3) is 0 Å². The highest BCUT2D eigenvalue weighted by atomic mass is 32.2. The van der Waals surface area contributed by atoms with Gasteiger partial charge < -0.3 is 10.2 Å². The van der Waals surface area contributed by atoms with Crippen LogP contribution in [0.3, 0.4) is 0 Å². The molecule has 15 heavy (non-hydrogen) atoms. The molecule has 0 radical (unpaired) electrons. The third-order valence-corrected chi connectivity index (χ3v) is 3.30. The average molecular weight is 228 g/mol. The number of aliphatic hydroxyl groups is 2. The Bertz CT molecular complexity index is 344. The topological polar surface area (TPSA) is 66.2 Å². The monoisotopic (exact) mass is 228 g/mol. The third-order valence-electron chi connectivity index (χ3n) is 2.08. The van der Waals surface area contributed by atoms with Gasteiger partial charge in [0.1, 0.15) is 10.9 Å². The number of nitrogens with zero attached hydrogens (tertiary/aromatic N) is 2. The first-order valence-corrected chi connectivity index (χ1v) is 5.76. The predicted molar refractivity (Wildman–Crippen MR) is 60.1 cm³/mol. The van der Waals surface area contributed by atoms with Crippen molar-refractivity contribution in [2.24, 2.45) is 0 Å². The molecule has 0 saturated carbocycles. The minimum absolute atomic E-state index is 0.213. The van der Waals surface area contributed by atoms with Crippen LogP contribution in [0.1, 0.15) is 17.1 Å². The van der Waals surface area contributed by atoms with E-state index in [0.717, 1.165) is 22.1 Å². The average Bonchev–Trinajstić information content (AvgIpc) is 2.20. The molecule has 1 heterocycles. The summed E-state index contributed by atoms with van der Waals surface area (Å²) in [4.78, 5) is 8.54. The summed E-state index contributed by atoms with van der Waals surface area (Å²) < 4.78 is 0. The Morgan fingerprint density at radius 3 is 2.53 bits per heavy atom. The van der Waals surface area contributed by atoms with Crippen LogP contribution in [-0.4, -0.2) is 38.6 Å². The number of aromatic nitrogens is 2. The molecule has 0 amide bonds. The summed E-state index contributed by atoms with van der Waals surface area (Å²) >= 11 is 1.45. The first-order valence-electron chi connectivity index (χ1n) is 4.78. The summed E-state index contributed by atoms with van der Waals surface area (Å²) in [7, 11) is 0. The van der Waals surface area contributed by atoms with E-state index in [-0.39, 0.29) is 6.61 Å². The van der Waals surface area contributed by atoms with E-state index in [9.17, 15) is 5.11 Å². The van der Waals surface area contributed by atoms with Crippen LogP contribution < -0.4 is 0 Å². The molecule has 1 aromatic heterocycles. The molecule has 0 spiro atoms. The quantitative estimate of drug-likeness (QED) is 0.590. The SMILES string of the molecule is Cc1nc(C)c(C)c(SC[C@H](O)CO)n1. The molecule has 0 saturated heterocycles. The summed E-state index contributed by atoms with van der Waals surface area (Å²) in [6.07, 6.45) is -0.690. The summed E-state index contributed by atoms with van der Waals surface area (Å²) in [6.45, 7) is 5.53. The first kappa shape index (κ1) is 12.4. The Morgan fingerprint density at radius 2 is 1.93 bits per heavy atom. The van der Waals surface area contributed by atoms with Crippen molar-refractivity contribution in [1.29, 1.82) is 0 Å². The molecule has 1 rings (SSSR count). The zero-order chi connectivity index (χ0) is 11.4. The van der Waals surface area contributed by atoms with Gasteiger partial charge in [0, 0.05) is 17.0 Å². The van der Waals surface area contributed by atoms with Crippen molar-refractivity contribution >= 4 is 11.8 Å². The van der Waals surface area contributed by atoms with Gasteiger partial charge >= 0.3 is 0 Å². The molecule has 5 heteroatoms. The Balaban J connectivity index is 2.76. The molecule has 0 aliphatic carbocycles. The van der Waals surface area contributed by atoms with Gasteiger partial charge in [-0.15, -0.1) is 11.8 Å². The number of hydrogen-bond donors (Lipinski definition) is 2. The molecule has 2 N–H and O–H groups in total. The molecule has 1 aromatic rings. The summed E-state index contributed by atoms with van der Waals surface area (Å²) in [5.74, 6) is 1.19. The van der Waals surface area contributed by atoms with Gasteiger partial charge in [-0.3, -0.25) is 0 Å². The molecule has 1 atom stereocenters. The summed E-state index contributed by atoms with van der Waals surface area (Å²) in [6, 6.07) is 0. The Morgan fingerprint density at radius 1 is 1.27 bits per heavy atom. The molecule has 4 nitrogen and oxygen atoms in total. The third kappa shape index (κ3) is 3.44. The van der Waals surface area contributed by atoms with Crippen LogP contribution in [0, 0.1) is 20.8 Å². The molecule has 0 aromatic carbocycles. The number of hydrogen-bond acceptors (Lipinski definition) is 5. The van der Waals surface area contributed by atoms with Gasteiger partial charge in [0.2, 0.25) is 0 Å². The molecule has 0 aliphatic heterocycles. The Hall–Kier alpha value is -0.650. The predicted octanol–water partition coefficient (Wildman–Crippen LogP) is 0.847. The fourth-order valence-electron chi connectivity index (χ4n) is 1.11. The molecule has 0 bridgehead atoms. The highest BCUT2D eigenvalue weighted by Gasteiger charge is 2.09. The molecule has 0 fully saturated rings. The van der Waals surface area contributed by atoms with Gasteiger partial charge in [-0.05, 0) is 20.8 Å². The van der Waals surface area contributed by atoms with Gasteiger partial charge in [-0.2, -0.15) is 0 Å². The maximum atomic E-state index is 9.23. The minimum atomic E-state index is -0.690. The van der Waals surface area contributed by atoms with Crippen LogP contribution in [-0.2, 0) is 0 Å².